The third-order valence-electron chi connectivity index (χ3n) is 8.70. The lowest BCUT2D eigenvalue weighted by atomic mass is 9.97. The number of rotatable bonds is 19. The minimum absolute atomic E-state index is 0.0375. The quantitative estimate of drug-likeness (QED) is 0.0288. The summed E-state index contributed by atoms with van der Waals surface area (Å²) in [5.41, 5.74) is 31.4. The van der Waals surface area contributed by atoms with Gasteiger partial charge in [-0.2, -0.15) is 63.2 Å². The lowest BCUT2D eigenvalue weighted by Gasteiger charge is -2.21. The van der Waals surface area contributed by atoms with Gasteiger partial charge in [0.1, 0.15) is 65.9 Å². The fraction of sp³-hybridized carbons (Fsp3) is 0.364. The Bertz CT molecular complexity index is 2700. The summed E-state index contributed by atoms with van der Waals surface area (Å²) >= 11 is 7.20. The number of anilines is 1. The normalized spacial score (nSPS) is 12.1. The molecule has 0 bridgehead atoms. The zero-order valence-electron chi connectivity index (χ0n) is 40.7. The molecule has 0 aliphatic rings. The maximum atomic E-state index is 12.7. The highest BCUT2D eigenvalue weighted by Crippen LogP contribution is 2.37. The largest absolute Gasteiger partial charge is 0.490 e. The average Bonchev–Trinajstić information content (AvgIpc) is 3.86. The van der Waals surface area contributed by atoms with E-state index in [1.165, 1.54) is 18.0 Å². The van der Waals surface area contributed by atoms with Crippen molar-refractivity contribution in [3.63, 3.8) is 0 Å². The van der Waals surface area contributed by atoms with Crippen LogP contribution in [0.5, 0.6) is 5.75 Å². The van der Waals surface area contributed by atoms with Gasteiger partial charge in [-0.25, -0.2) is 29.1 Å². The van der Waals surface area contributed by atoms with E-state index in [2.05, 4.69) is 22.1 Å². The first kappa shape index (κ1) is 72.8. The number of hydrogen-bond donors (Lipinski definition) is 9. The molecule has 0 fully saturated rings. The Morgan fingerprint density at radius 2 is 1.07 bits per heavy atom. The summed E-state index contributed by atoms with van der Waals surface area (Å²) in [6.45, 7) is 0.204. The maximum Gasteiger partial charge on any atom is 0.490 e. The highest BCUT2D eigenvalue weighted by Gasteiger charge is 2.40. The van der Waals surface area contributed by atoms with E-state index in [0.717, 1.165) is 5.56 Å². The van der Waals surface area contributed by atoms with Gasteiger partial charge in [0.2, 0.25) is 5.89 Å². The van der Waals surface area contributed by atoms with E-state index in [1.54, 1.807) is 48.5 Å². The Morgan fingerprint density at radius 3 is 1.48 bits per heavy atom. The van der Waals surface area contributed by atoms with Crippen molar-refractivity contribution in [1.29, 1.82) is 10.5 Å². The second kappa shape index (κ2) is 34.1. The van der Waals surface area contributed by atoms with Crippen LogP contribution in [-0.4, -0.2) is 135 Å². The number of thioether (sulfide) groups is 1. The standard InChI is InChI=1S/C36H40ClN9O6S.4C2HF3O2/c37-23-9-5-22(6-10-23)33-45-24(17-50-33)20-53-34-28(16-41)31(27(15-40)32(44)46-34)21-7-11-25(12-8-21)49-18-26(52-36(48)30(43)4-2-14-39)19-51-35(47)29(42)3-1-13-38;4*3-2(4,5)1(6)7/h5-12,17,26,29-30H,1-4,13-14,18-20,38-39,42-43H2,(H2,44,46);4*(H,6,7)/t26-,29-,30?;;;;/m0..../s1. The van der Waals surface area contributed by atoms with Crippen LogP contribution in [-0.2, 0) is 44.0 Å². The van der Waals surface area contributed by atoms with Crippen molar-refractivity contribution in [2.45, 2.75) is 79.4 Å². The van der Waals surface area contributed by atoms with E-state index < -0.39 is 78.7 Å². The molecule has 81 heavy (non-hydrogen) atoms. The number of nitriles is 2. The molecule has 0 aliphatic heterocycles. The Labute approximate surface area is 456 Å². The van der Waals surface area contributed by atoms with Gasteiger partial charge >= 0.3 is 60.5 Å². The van der Waals surface area contributed by atoms with Crippen LogP contribution in [0.1, 0.15) is 42.5 Å². The van der Waals surface area contributed by atoms with Gasteiger partial charge in [0, 0.05) is 21.9 Å². The average molecular weight is 1220 g/mol. The van der Waals surface area contributed by atoms with Gasteiger partial charge in [-0.15, -0.1) is 0 Å². The number of ether oxygens (including phenoxy) is 3. The Hall–Kier alpha value is -8.16. The minimum Gasteiger partial charge on any atom is -0.490 e. The number of hydrogen-bond acceptors (Lipinski definition) is 20. The highest BCUT2D eigenvalue weighted by molar-refractivity contribution is 7.98. The molecule has 2 aromatic heterocycles. The molecule has 3 atom stereocenters. The molecular weight excluding hydrogens is 1170 g/mol. The predicted molar refractivity (Wildman–Crippen MR) is 254 cm³/mol. The number of oxazole rings is 1. The van der Waals surface area contributed by atoms with E-state index in [1.807, 2.05) is 0 Å². The van der Waals surface area contributed by atoms with Crippen LogP contribution in [0, 0.1) is 22.7 Å². The molecule has 14 N–H and O–H groups in total. The smallest absolute Gasteiger partial charge is 0.490 e. The van der Waals surface area contributed by atoms with Crippen molar-refractivity contribution >= 4 is 65.0 Å². The van der Waals surface area contributed by atoms with E-state index in [0.29, 0.717) is 83.0 Å². The molecule has 4 aromatic rings. The molecule has 2 aromatic carbocycles. The fourth-order valence-corrected chi connectivity index (χ4v) is 5.90. The van der Waals surface area contributed by atoms with Crippen LogP contribution in [0.2, 0.25) is 5.02 Å². The van der Waals surface area contributed by atoms with Crippen LogP contribution >= 0.6 is 23.4 Å². The summed E-state index contributed by atoms with van der Waals surface area (Å²) in [7, 11) is 0. The summed E-state index contributed by atoms with van der Waals surface area (Å²) in [4.78, 5) is 69.5. The Kier molecular flexibility index (Phi) is 30.7. The third-order valence-corrected chi connectivity index (χ3v) is 9.96. The molecule has 0 spiro atoms. The summed E-state index contributed by atoms with van der Waals surface area (Å²) in [5, 5.41) is 49.6. The van der Waals surface area contributed by atoms with Gasteiger partial charge in [-0.3, -0.25) is 9.59 Å². The molecule has 37 heteroatoms. The second-order valence-electron chi connectivity index (χ2n) is 14.9. The van der Waals surface area contributed by atoms with Crippen molar-refractivity contribution in [2.24, 2.45) is 22.9 Å². The number of nitrogens with two attached hydrogens (primary N) is 5. The van der Waals surface area contributed by atoms with Crippen LogP contribution in [0.4, 0.5) is 58.5 Å². The number of carbonyl (C=O) groups excluding carboxylic acids is 2. The number of nitrogen functional groups attached to an aromatic ring is 1. The van der Waals surface area contributed by atoms with Crippen molar-refractivity contribution in [3.8, 4) is 40.5 Å². The number of alkyl halides is 12. The summed E-state index contributed by atoms with van der Waals surface area (Å²) < 4.78 is 149. The van der Waals surface area contributed by atoms with Crippen molar-refractivity contribution in [3.05, 3.63) is 76.6 Å². The lowest BCUT2D eigenvalue weighted by molar-refractivity contribution is -0.193. The number of carbonyl (C=O) groups is 6. The van der Waals surface area contributed by atoms with E-state index in [4.69, 9.17) is 98.5 Å². The lowest BCUT2D eigenvalue weighted by Crippen LogP contribution is -2.40. The Morgan fingerprint density at radius 1 is 0.654 bits per heavy atom. The maximum absolute atomic E-state index is 12.7. The zero-order chi connectivity index (χ0) is 62.6. The predicted octanol–water partition coefficient (Wildman–Crippen LogP) is 6.17. The monoisotopic (exact) mass is 1220 g/mol. The summed E-state index contributed by atoms with van der Waals surface area (Å²) in [6.07, 6.45) is -18.1. The van der Waals surface area contributed by atoms with Gasteiger partial charge in [0.05, 0.1) is 11.3 Å². The fourth-order valence-electron chi connectivity index (χ4n) is 4.90. The molecular formula is C44H44ClF12N9O14S. The molecule has 0 saturated heterocycles. The number of aliphatic carboxylic acids is 4. The first-order chi connectivity index (χ1) is 37.3. The molecule has 0 aliphatic carbocycles. The number of nitrogens with zero attached hydrogens (tertiary/aromatic N) is 4. The summed E-state index contributed by atoms with van der Waals surface area (Å²) in [5.74, 6) is -11.4. The highest BCUT2D eigenvalue weighted by atomic mass is 35.5. The first-order valence-electron chi connectivity index (χ1n) is 21.5. The SMILES string of the molecule is N#Cc1c(N)nc(SCc2coc(-c3ccc(Cl)cc3)n2)c(C#N)c1-c1ccc(OC[C@@H](COC(=O)[C@@H](N)CCCN)OC(=O)C(N)CCCN)cc1.O=C(O)C(F)(F)F.O=C(O)C(F)(F)F.O=C(O)C(F)(F)F.O=C(O)C(F)(F)F. The van der Waals surface area contributed by atoms with E-state index in [9.17, 15) is 72.8 Å². The number of aromatic nitrogens is 2. The molecule has 0 radical (unpaired) electrons. The number of esters is 2. The Balaban J connectivity index is 0.00000186. The molecule has 2 heterocycles. The molecule has 0 saturated carbocycles. The van der Waals surface area contributed by atoms with Gasteiger partial charge in [-0.05, 0) is 80.7 Å². The molecule has 23 nitrogen and oxygen atoms in total. The van der Waals surface area contributed by atoms with Crippen molar-refractivity contribution in [2.75, 3.05) is 32.0 Å². The summed E-state index contributed by atoms with van der Waals surface area (Å²) in [6, 6.07) is 16.0. The van der Waals surface area contributed by atoms with Gasteiger partial charge < -0.3 is 67.7 Å². The van der Waals surface area contributed by atoms with Crippen LogP contribution in [0.15, 0.2) is 64.2 Å². The van der Waals surface area contributed by atoms with Gasteiger partial charge in [0.25, 0.3) is 0 Å². The number of benzene rings is 2. The number of carboxylic acids is 4. The first-order valence-corrected chi connectivity index (χ1v) is 22.9. The van der Waals surface area contributed by atoms with Crippen molar-refractivity contribution < 1.29 is 121 Å². The molecule has 4 rings (SSSR count). The molecule has 0 amide bonds. The van der Waals surface area contributed by atoms with Crippen LogP contribution in [0.25, 0.3) is 22.6 Å². The third kappa shape index (κ3) is 28.0. The number of pyridine rings is 1. The van der Waals surface area contributed by atoms with E-state index >= 15 is 0 Å². The number of carboxylic acid groups (broad SMARTS) is 4. The zero-order valence-corrected chi connectivity index (χ0v) is 42.2. The van der Waals surface area contributed by atoms with Crippen LogP contribution < -0.4 is 33.4 Å². The second-order valence-corrected chi connectivity index (χ2v) is 16.3. The van der Waals surface area contributed by atoms with Crippen molar-refractivity contribution in [1.82, 2.24) is 9.97 Å². The topological polar surface area (TPSA) is 428 Å². The number of halogens is 13. The van der Waals surface area contributed by atoms with Crippen LogP contribution in [0.3, 0.4) is 0 Å². The molecule has 446 valence electrons. The van der Waals surface area contributed by atoms with E-state index in [-0.39, 0.29) is 30.2 Å². The minimum atomic E-state index is -5.08. The van der Waals surface area contributed by atoms with Gasteiger partial charge in [-0.1, -0.05) is 35.5 Å². The molecule has 1 unspecified atom stereocenters. The van der Waals surface area contributed by atoms with Gasteiger partial charge in [0.15, 0.2) is 6.10 Å².